The van der Waals surface area contributed by atoms with Gasteiger partial charge in [-0.2, -0.15) is 0 Å². The Morgan fingerprint density at radius 3 is 2.37 bits per heavy atom. The fourth-order valence-corrected chi connectivity index (χ4v) is 4.90. The van der Waals surface area contributed by atoms with Gasteiger partial charge in [0.2, 0.25) is 11.8 Å². The van der Waals surface area contributed by atoms with Crippen LogP contribution in [0, 0.1) is 27.7 Å². The maximum absolute atomic E-state index is 13.1. The monoisotopic (exact) mass is 421 g/mol. The third-order valence-electron chi connectivity index (χ3n) is 5.79. The fourth-order valence-electron chi connectivity index (χ4n) is 3.69. The van der Waals surface area contributed by atoms with E-state index in [1.165, 1.54) is 17.3 Å². The van der Waals surface area contributed by atoms with E-state index >= 15 is 0 Å². The van der Waals surface area contributed by atoms with Crippen LogP contribution >= 0.6 is 11.8 Å². The second kappa shape index (κ2) is 8.26. The van der Waals surface area contributed by atoms with Gasteiger partial charge in [0, 0.05) is 18.2 Å². The van der Waals surface area contributed by atoms with Gasteiger partial charge in [-0.15, -0.1) is 0 Å². The molecule has 0 aromatic heterocycles. The second-order valence-corrected chi connectivity index (χ2v) is 9.35. The number of benzene rings is 2. The number of para-hydroxylation sites is 1. The third kappa shape index (κ3) is 4.15. The highest BCUT2D eigenvalue weighted by Gasteiger charge is 2.46. The molecule has 1 saturated carbocycles. The van der Waals surface area contributed by atoms with E-state index in [1.807, 2.05) is 56.0 Å². The first-order valence-corrected chi connectivity index (χ1v) is 11.2. The number of aliphatic imine (C=N–C) groups is 1. The zero-order valence-electron chi connectivity index (χ0n) is 17.9. The van der Waals surface area contributed by atoms with Gasteiger partial charge in [-0.25, -0.2) is 4.99 Å². The Morgan fingerprint density at radius 1 is 1.07 bits per heavy atom. The number of aryl methyl sites for hydroxylation is 3. The molecule has 2 aromatic carbocycles. The van der Waals surface area contributed by atoms with E-state index in [0.717, 1.165) is 46.1 Å². The number of carbonyl (C=O) groups is 2. The molecule has 2 aliphatic rings. The summed E-state index contributed by atoms with van der Waals surface area (Å²) >= 11 is 1.42. The minimum atomic E-state index is -0.432. The summed E-state index contributed by atoms with van der Waals surface area (Å²) in [6.07, 6.45) is 2.14. The average molecular weight is 422 g/mol. The first-order chi connectivity index (χ1) is 14.3. The highest BCUT2D eigenvalue weighted by atomic mass is 32.2. The Hall–Kier alpha value is -2.60. The van der Waals surface area contributed by atoms with Crippen molar-refractivity contribution in [2.75, 3.05) is 5.32 Å². The number of anilines is 1. The van der Waals surface area contributed by atoms with Crippen molar-refractivity contribution in [1.29, 1.82) is 0 Å². The Kier molecular flexibility index (Phi) is 5.69. The first-order valence-electron chi connectivity index (χ1n) is 10.4. The van der Waals surface area contributed by atoms with E-state index in [0.29, 0.717) is 0 Å². The SMILES string of the molecule is Cc1cccc(N=C2S[C@H](CC(=O)Nc3c(C)cccc3C)C(=O)N2C2CC2)c1C. The van der Waals surface area contributed by atoms with Gasteiger partial charge < -0.3 is 5.32 Å². The molecule has 156 valence electrons. The van der Waals surface area contributed by atoms with Crippen molar-refractivity contribution in [2.45, 2.75) is 58.2 Å². The molecule has 1 heterocycles. The predicted octanol–water partition coefficient (Wildman–Crippen LogP) is 5.04. The predicted molar refractivity (Wildman–Crippen MR) is 123 cm³/mol. The summed E-state index contributed by atoms with van der Waals surface area (Å²) in [5.74, 6) is -0.134. The fraction of sp³-hybridized carbons (Fsp3) is 0.375. The van der Waals surface area contributed by atoms with Gasteiger partial charge >= 0.3 is 0 Å². The lowest BCUT2D eigenvalue weighted by molar-refractivity contribution is -0.128. The molecule has 5 nitrogen and oxygen atoms in total. The summed E-state index contributed by atoms with van der Waals surface area (Å²) in [6.45, 7) is 8.06. The zero-order valence-corrected chi connectivity index (χ0v) is 18.7. The Labute approximate surface area is 182 Å². The minimum Gasteiger partial charge on any atom is -0.326 e. The number of carbonyl (C=O) groups excluding carboxylic acids is 2. The van der Waals surface area contributed by atoms with Gasteiger partial charge in [-0.1, -0.05) is 42.1 Å². The molecule has 1 atom stereocenters. The summed E-state index contributed by atoms with van der Waals surface area (Å²) in [4.78, 5) is 32.5. The molecule has 0 radical (unpaired) electrons. The Morgan fingerprint density at radius 2 is 1.70 bits per heavy atom. The molecule has 2 amide bonds. The molecule has 2 fully saturated rings. The van der Waals surface area contributed by atoms with Crippen LogP contribution in [0.3, 0.4) is 0 Å². The van der Waals surface area contributed by atoms with Crippen molar-refractivity contribution >= 4 is 40.1 Å². The molecule has 6 heteroatoms. The van der Waals surface area contributed by atoms with Gasteiger partial charge in [0.25, 0.3) is 0 Å². The number of hydrogen-bond acceptors (Lipinski definition) is 4. The van der Waals surface area contributed by atoms with E-state index < -0.39 is 5.25 Å². The van der Waals surface area contributed by atoms with Crippen molar-refractivity contribution < 1.29 is 9.59 Å². The van der Waals surface area contributed by atoms with E-state index in [-0.39, 0.29) is 24.3 Å². The van der Waals surface area contributed by atoms with Gasteiger partial charge in [-0.05, 0) is 68.9 Å². The average Bonchev–Trinajstić information content (AvgIpc) is 3.48. The van der Waals surface area contributed by atoms with Crippen LogP contribution in [0.15, 0.2) is 41.4 Å². The van der Waals surface area contributed by atoms with Crippen LogP contribution in [0.4, 0.5) is 11.4 Å². The number of amidine groups is 1. The second-order valence-electron chi connectivity index (χ2n) is 8.18. The van der Waals surface area contributed by atoms with Crippen molar-refractivity contribution in [3.05, 3.63) is 58.7 Å². The standard InChI is InChI=1S/C24H27N3O2S/c1-14-7-6-10-19(17(14)4)25-24-27(18-11-12-18)23(29)20(30-24)13-21(28)26-22-15(2)8-5-9-16(22)3/h5-10,18,20H,11-13H2,1-4H3,(H,26,28)/t20-/m1/s1. The molecule has 1 N–H and O–H groups in total. The molecule has 1 aliphatic carbocycles. The maximum atomic E-state index is 13.1. The molecular weight excluding hydrogens is 394 g/mol. The highest BCUT2D eigenvalue weighted by molar-refractivity contribution is 8.15. The smallest absolute Gasteiger partial charge is 0.242 e. The number of amides is 2. The lowest BCUT2D eigenvalue weighted by Gasteiger charge is -2.16. The quantitative estimate of drug-likeness (QED) is 0.735. The van der Waals surface area contributed by atoms with Gasteiger partial charge in [0.1, 0.15) is 5.25 Å². The molecule has 2 aromatic rings. The normalized spacial score (nSPS) is 20.1. The molecule has 0 unspecified atom stereocenters. The van der Waals surface area contributed by atoms with Crippen LogP contribution in [0.25, 0.3) is 0 Å². The summed E-state index contributed by atoms with van der Waals surface area (Å²) in [5.41, 5.74) is 6.05. The number of hydrogen-bond donors (Lipinski definition) is 1. The molecule has 0 spiro atoms. The molecular formula is C24H27N3O2S. The number of nitrogens with one attached hydrogen (secondary N) is 1. The van der Waals surface area contributed by atoms with E-state index in [2.05, 4.69) is 18.3 Å². The van der Waals surface area contributed by atoms with Crippen molar-refractivity contribution in [1.82, 2.24) is 4.90 Å². The lowest BCUT2D eigenvalue weighted by atomic mass is 10.1. The van der Waals surface area contributed by atoms with Crippen LogP contribution in [0.1, 0.15) is 41.5 Å². The third-order valence-corrected chi connectivity index (χ3v) is 6.94. The number of thioether (sulfide) groups is 1. The van der Waals surface area contributed by atoms with E-state index in [9.17, 15) is 9.59 Å². The maximum Gasteiger partial charge on any atom is 0.242 e. The van der Waals surface area contributed by atoms with Gasteiger partial charge in [0.15, 0.2) is 5.17 Å². The van der Waals surface area contributed by atoms with Crippen molar-refractivity contribution in [2.24, 2.45) is 4.99 Å². The topological polar surface area (TPSA) is 61.8 Å². The zero-order chi connectivity index (χ0) is 21.4. The van der Waals surface area contributed by atoms with Crippen LogP contribution in [0.5, 0.6) is 0 Å². The summed E-state index contributed by atoms with van der Waals surface area (Å²) < 4.78 is 0. The van der Waals surface area contributed by atoms with E-state index in [1.54, 1.807) is 0 Å². The number of rotatable bonds is 5. The minimum absolute atomic E-state index is 0.00297. The van der Waals surface area contributed by atoms with Gasteiger partial charge in [-0.3, -0.25) is 14.5 Å². The van der Waals surface area contributed by atoms with Crippen LogP contribution in [0.2, 0.25) is 0 Å². The largest absolute Gasteiger partial charge is 0.326 e. The molecule has 0 bridgehead atoms. The first kappa shape index (κ1) is 20.7. The lowest BCUT2D eigenvalue weighted by Crippen LogP contribution is -2.35. The number of nitrogens with zero attached hydrogens (tertiary/aromatic N) is 2. The summed E-state index contributed by atoms with van der Waals surface area (Å²) in [6, 6.07) is 12.2. The van der Waals surface area contributed by atoms with Crippen molar-refractivity contribution in [3.63, 3.8) is 0 Å². The Balaban J connectivity index is 1.54. The van der Waals surface area contributed by atoms with Crippen molar-refractivity contribution in [3.8, 4) is 0 Å². The van der Waals surface area contributed by atoms with E-state index in [4.69, 9.17) is 4.99 Å². The summed E-state index contributed by atoms with van der Waals surface area (Å²) in [7, 11) is 0. The highest BCUT2D eigenvalue weighted by Crippen LogP contribution is 2.40. The molecule has 1 saturated heterocycles. The summed E-state index contributed by atoms with van der Waals surface area (Å²) in [5, 5.41) is 3.30. The molecule has 30 heavy (non-hydrogen) atoms. The molecule has 1 aliphatic heterocycles. The van der Waals surface area contributed by atoms with Gasteiger partial charge in [0.05, 0.1) is 5.69 Å². The van der Waals surface area contributed by atoms with Crippen LogP contribution in [-0.4, -0.2) is 33.2 Å². The van der Waals surface area contributed by atoms with Crippen LogP contribution in [-0.2, 0) is 9.59 Å². The van der Waals surface area contributed by atoms with Crippen LogP contribution < -0.4 is 5.32 Å². The Bertz CT molecular complexity index is 1020. The molecule has 4 rings (SSSR count).